The minimum atomic E-state index is 0.0804. The van der Waals surface area contributed by atoms with E-state index in [4.69, 9.17) is 21.1 Å². The second-order valence-electron chi connectivity index (χ2n) is 5.39. The lowest BCUT2D eigenvalue weighted by Crippen LogP contribution is -2.11. The van der Waals surface area contributed by atoms with E-state index in [1.165, 1.54) is 0 Å². The van der Waals surface area contributed by atoms with E-state index in [0.29, 0.717) is 5.88 Å². The predicted octanol–water partition coefficient (Wildman–Crippen LogP) is 4.30. The van der Waals surface area contributed by atoms with E-state index in [0.717, 1.165) is 39.4 Å². The molecule has 0 spiro atoms. The van der Waals surface area contributed by atoms with E-state index in [1.807, 2.05) is 19.9 Å². The first-order valence-electron chi connectivity index (χ1n) is 6.99. The highest BCUT2D eigenvalue weighted by Crippen LogP contribution is 2.31. The van der Waals surface area contributed by atoms with Crippen LogP contribution in [0.15, 0.2) is 22.7 Å². The fourth-order valence-corrected chi connectivity index (χ4v) is 3.24. The van der Waals surface area contributed by atoms with Crippen LogP contribution in [0, 0.1) is 20.8 Å². The zero-order valence-corrected chi connectivity index (χ0v) is 13.4. The molecule has 1 atom stereocenters. The molecular formula is C16H18ClN3O. The molecule has 1 aromatic carbocycles. The highest BCUT2D eigenvalue weighted by Gasteiger charge is 2.22. The number of aromatic nitrogens is 3. The van der Waals surface area contributed by atoms with Crippen LogP contribution in [0.2, 0.25) is 0 Å². The summed E-state index contributed by atoms with van der Waals surface area (Å²) >= 11 is 6.12. The zero-order valence-electron chi connectivity index (χ0n) is 12.6. The van der Waals surface area contributed by atoms with Gasteiger partial charge in [0.1, 0.15) is 11.6 Å². The number of aryl methyl sites for hydroxylation is 3. The molecule has 0 aliphatic heterocycles. The minimum Gasteiger partial charge on any atom is -0.361 e. The van der Waals surface area contributed by atoms with Crippen molar-refractivity contribution >= 4 is 22.6 Å². The summed E-state index contributed by atoms with van der Waals surface area (Å²) in [6.07, 6.45) is 0. The molecule has 5 heteroatoms. The van der Waals surface area contributed by atoms with Crippen molar-refractivity contribution in [2.24, 2.45) is 0 Å². The van der Waals surface area contributed by atoms with Gasteiger partial charge in [-0.2, -0.15) is 0 Å². The summed E-state index contributed by atoms with van der Waals surface area (Å²) in [4.78, 5) is 4.70. The third-order valence-electron chi connectivity index (χ3n) is 4.01. The Morgan fingerprint density at radius 3 is 2.67 bits per heavy atom. The van der Waals surface area contributed by atoms with Gasteiger partial charge in [-0.1, -0.05) is 17.3 Å². The van der Waals surface area contributed by atoms with Gasteiger partial charge in [0, 0.05) is 5.56 Å². The van der Waals surface area contributed by atoms with E-state index in [1.54, 1.807) is 0 Å². The molecule has 0 radical (unpaired) electrons. The standard InChI is InChI=1S/C16H18ClN3O/c1-9-6-5-7-13-16(9)18-14(8-17)20(13)11(3)15-10(2)19-21-12(15)4/h5-7,11H,8H2,1-4H3. The number of alkyl halides is 1. The lowest BCUT2D eigenvalue weighted by atomic mass is 10.1. The lowest BCUT2D eigenvalue weighted by Gasteiger charge is -2.17. The van der Waals surface area contributed by atoms with E-state index in [-0.39, 0.29) is 6.04 Å². The molecule has 2 heterocycles. The number of benzene rings is 1. The smallest absolute Gasteiger partial charge is 0.139 e. The third-order valence-corrected chi connectivity index (χ3v) is 4.25. The molecular weight excluding hydrogens is 286 g/mol. The van der Waals surface area contributed by atoms with Gasteiger partial charge < -0.3 is 9.09 Å². The summed E-state index contributed by atoms with van der Waals surface area (Å²) in [5.74, 6) is 2.09. The SMILES string of the molecule is Cc1noc(C)c1C(C)n1c(CCl)nc2c(C)cccc21. The number of imidazole rings is 1. The molecule has 0 saturated heterocycles. The van der Waals surface area contributed by atoms with Crippen LogP contribution in [-0.2, 0) is 5.88 Å². The molecule has 0 N–H and O–H groups in total. The Bertz CT molecular complexity index is 784. The van der Waals surface area contributed by atoms with Gasteiger partial charge in [0.25, 0.3) is 0 Å². The second kappa shape index (κ2) is 5.19. The summed E-state index contributed by atoms with van der Waals surface area (Å²) in [5, 5.41) is 4.06. The number of para-hydroxylation sites is 1. The third kappa shape index (κ3) is 2.14. The van der Waals surface area contributed by atoms with Crippen LogP contribution in [0.25, 0.3) is 11.0 Å². The molecule has 0 bridgehead atoms. The molecule has 0 fully saturated rings. The van der Waals surface area contributed by atoms with Gasteiger partial charge in [-0.15, -0.1) is 11.6 Å². The average molecular weight is 304 g/mol. The van der Waals surface area contributed by atoms with Crippen molar-refractivity contribution in [3.05, 3.63) is 46.6 Å². The average Bonchev–Trinajstić information content (AvgIpc) is 3.00. The Kier molecular flexibility index (Phi) is 3.49. The van der Waals surface area contributed by atoms with Gasteiger partial charge in [-0.05, 0) is 39.3 Å². The molecule has 21 heavy (non-hydrogen) atoms. The Morgan fingerprint density at radius 1 is 1.29 bits per heavy atom. The van der Waals surface area contributed by atoms with Crippen LogP contribution in [-0.4, -0.2) is 14.7 Å². The highest BCUT2D eigenvalue weighted by molar-refractivity contribution is 6.16. The molecule has 3 rings (SSSR count). The monoisotopic (exact) mass is 303 g/mol. The molecule has 0 saturated carbocycles. The van der Waals surface area contributed by atoms with Gasteiger partial charge in [0.2, 0.25) is 0 Å². The molecule has 0 amide bonds. The quantitative estimate of drug-likeness (QED) is 0.678. The van der Waals surface area contributed by atoms with Crippen molar-refractivity contribution in [2.45, 2.75) is 39.6 Å². The summed E-state index contributed by atoms with van der Waals surface area (Å²) < 4.78 is 7.49. The van der Waals surface area contributed by atoms with Crippen molar-refractivity contribution in [3.8, 4) is 0 Å². The maximum atomic E-state index is 6.12. The van der Waals surface area contributed by atoms with Crippen LogP contribution in [0.1, 0.15) is 41.4 Å². The topological polar surface area (TPSA) is 43.9 Å². The van der Waals surface area contributed by atoms with Crippen molar-refractivity contribution in [2.75, 3.05) is 0 Å². The number of fused-ring (bicyclic) bond motifs is 1. The van der Waals surface area contributed by atoms with Gasteiger partial charge in [0.15, 0.2) is 0 Å². The molecule has 0 aliphatic carbocycles. The molecule has 3 aromatic rings. The molecule has 1 unspecified atom stereocenters. The zero-order chi connectivity index (χ0) is 15.1. The van der Waals surface area contributed by atoms with Gasteiger partial charge in [-0.25, -0.2) is 4.98 Å². The number of hydrogen-bond donors (Lipinski definition) is 0. The molecule has 0 aliphatic rings. The van der Waals surface area contributed by atoms with Crippen molar-refractivity contribution < 1.29 is 4.52 Å². The fraction of sp³-hybridized carbons (Fsp3) is 0.375. The maximum absolute atomic E-state index is 6.12. The normalized spacial score (nSPS) is 13.0. The van der Waals surface area contributed by atoms with Crippen molar-refractivity contribution in [3.63, 3.8) is 0 Å². The molecule has 4 nitrogen and oxygen atoms in total. The van der Waals surface area contributed by atoms with Crippen LogP contribution in [0.5, 0.6) is 0 Å². The first-order chi connectivity index (χ1) is 10.0. The number of hydrogen-bond acceptors (Lipinski definition) is 3. The number of rotatable bonds is 3. The van der Waals surface area contributed by atoms with Gasteiger partial charge in [0.05, 0.1) is 28.6 Å². The Morgan fingerprint density at radius 2 is 2.05 bits per heavy atom. The van der Waals surface area contributed by atoms with Crippen molar-refractivity contribution in [1.29, 1.82) is 0 Å². The van der Waals surface area contributed by atoms with Crippen LogP contribution < -0.4 is 0 Å². The first kappa shape index (κ1) is 14.1. The van der Waals surface area contributed by atoms with Crippen LogP contribution >= 0.6 is 11.6 Å². The maximum Gasteiger partial charge on any atom is 0.139 e. The predicted molar refractivity (Wildman–Crippen MR) is 83.8 cm³/mol. The van der Waals surface area contributed by atoms with Gasteiger partial charge in [-0.3, -0.25) is 0 Å². The molecule has 110 valence electrons. The Labute approximate surface area is 128 Å². The fourth-order valence-electron chi connectivity index (χ4n) is 3.05. The van der Waals surface area contributed by atoms with E-state index in [2.05, 4.69) is 35.7 Å². The number of halogens is 1. The Balaban J connectivity index is 2.26. The minimum absolute atomic E-state index is 0.0804. The summed E-state index contributed by atoms with van der Waals surface area (Å²) in [5.41, 5.74) is 5.27. The molecule has 2 aromatic heterocycles. The van der Waals surface area contributed by atoms with E-state index >= 15 is 0 Å². The second-order valence-corrected chi connectivity index (χ2v) is 5.66. The van der Waals surface area contributed by atoms with E-state index in [9.17, 15) is 0 Å². The number of nitrogens with zero attached hydrogens (tertiary/aromatic N) is 3. The van der Waals surface area contributed by atoms with Gasteiger partial charge >= 0.3 is 0 Å². The largest absolute Gasteiger partial charge is 0.361 e. The van der Waals surface area contributed by atoms with Crippen LogP contribution in [0.4, 0.5) is 0 Å². The Hall–Kier alpha value is -1.81. The summed E-state index contributed by atoms with van der Waals surface area (Å²) in [6, 6.07) is 6.28. The van der Waals surface area contributed by atoms with Crippen molar-refractivity contribution in [1.82, 2.24) is 14.7 Å². The summed E-state index contributed by atoms with van der Waals surface area (Å²) in [6.45, 7) is 8.11. The van der Waals surface area contributed by atoms with Crippen LogP contribution in [0.3, 0.4) is 0 Å². The first-order valence-corrected chi connectivity index (χ1v) is 7.53. The van der Waals surface area contributed by atoms with E-state index < -0.39 is 0 Å². The summed E-state index contributed by atoms with van der Waals surface area (Å²) in [7, 11) is 0. The highest BCUT2D eigenvalue weighted by atomic mass is 35.5. The lowest BCUT2D eigenvalue weighted by molar-refractivity contribution is 0.391.